The molecule has 1 aliphatic carbocycles. The Balaban J connectivity index is 2.10. The normalized spacial score (nSPS) is 18.5. The van der Waals surface area contributed by atoms with Gasteiger partial charge in [-0.15, -0.1) is 0 Å². The number of sulfonamides is 1. The van der Waals surface area contributed by atoms with Gasteiger partial charge in [-0.05, 0) is 18.9 Å². The summed E-state index contributed by atoms with van der Waals surface area (Å²) in [5.74, 6) is 0. The van der Waals surface area contributed by atoms with Crippen LogP contribution >= 0.6 is 11.6 Å². The molecule has 3 N–H and O–H groups in total. The summed E-state index contributed by atoms with van der Waals surface area (Å²) in [5.41, 5.74) is 0.677. The van der Waals surface area contributed by atoms with Gasteiger partial charge in [-0.3, -0.25) is 4.98 Å². The van der Waals surface area contributed by atoms with Crippen LogP contribution in [0.25, 0.3) is 0 Å². The molecule has 0 bridgehead atoms. The summed E-state index contributed by atoms with van der Waals surface area (Å²) >= 11 is 5.92. The van der Waals surface area contributed by atoms with E-state index in [1.54, 1.807) is 12.3 Å². The van der Waals surface area contributed by atoms with Crippen molar-refractivity contribution in [2.24, 2.45) is 5.14 Å². The Hall–Kier alpha value is -0.850. The van der Waals surface area contributed by atoms with Crippen molar-refractivity contribution in [2.45, 2.75) is 24.0 Å². The Morgan fingerprint density at radius 2 is 2.24 bits per heavy atom. The minimum absolute atomic E-state index is 0.287. The number of nitrogens with zero attached hydrogens (tertiary/aromatic N) is 1. The highest BCUT2D eigenvalue weighted by Gasteiger charge is 2.46. The van der Waals surface area contributed by atoms with Gasteiger partial charge in [0.2, 0.25) is 10.0 Å². The maximum atomic E-state index is 11.5. The molecule has 5 nitrogen and oxygen atoms in total. The number of nitrogens with two attached hydrogens (primary N) is 1. The van der Waals surface area contributed by atoms with Gasteiger partial charge in [-0.1, -0.05) is 18.0 Å². The van der Waals surface area contributed by atoms with E-state index in [1.165, 1.54) is 6.20 Å². The van der Waals surface area contributed by atoms with E-state index in [2.05, 4.69) is 10.3 Å². The van der Waals surface area contributed by atoms with Crippen molar-refractivity contribution in [3.05, 3.63) is 23.5 Å². The molecule has 94 valence electrons. The summed E-state index contributed by atoms with van der Waals surface area (Å²) in [4.78, 5) is 3.86. The molecular formula is C10H14ClN3O2S. The Morgan fingerprint density at radius 1 is 1.53 bits per heavy atom. The summed E-state index contributed by atoms with van der Waals surface area (Å²) in [6.07, 6.45) is 5.19. The van der Waals surface area contributed by atoms with Gasteiger partial charge in [0.05, 0.1) is 10.7 Å². The molecule has 7 heteroatoms. The van der Waals surface area contributed by atoms with E-state index < -0.39 is 14.8 Å². The third kappa shape index (κ3) is 2.38. The van der Waals surface area contributed by atoms with Crippen LogP contribution in [0.1, 0.15) is 19.3 Å². The highest BCUT2D eigenvalue weighted by Crippen LogP contribution is 2.38. The van der Waals surface area contributed by atoms with Crippen molar-refractivity contribution in [2.75, 3.05) is 11.9 Å². The fourth-order valence-corrected chi connectivity index (χ4v) is 3.23. The average molecular weight is 276 g/mol. The fourth-order valence-electron chi connectivity index (χ4n) is 1.91. The fraction of sp³-hybridized carbons (Fsp3) is 0.500. The number of anilines is 1. The van der Waals surface area contributed by atoms with E-state index in [-0.39, 0.29) is 6.54 Å². The quantitative estimate of drug-likeness (QED) is 0.869. The molecule has 0 aliphatic heterocycles. The molecule has 0 spiro atoms. The van der Waals surface area contributed by atoms with Crippen LogP contribution in [0.2, 0.25) is 5.02 Å². The van der Waals surface area contributed by atoms with Gasteiger partial charge in [0.25, 0.3) is 0 Å². The Kier molecular flexibility index (Phi) is 3.29. The maximum Gasteiger partial charge on any atom is 0.216 e. The summed E-state index contributed by atoms with van der Waals surface area (Å²) in [5, 5.41) is 8.76. The van der Waals surface area contributed by atoms with Crippen LogP contribution in [0.4, 0.5) is 5.69 Å². The molecule has 1 aromatic heterocycles. The first kappa shape index (κ1) is 12.6. The molecule has 0 saturated heterocycles. The molecule has 1 aromatic rings. The predicted octanol–water partition coefficient (Wildman–Crippen LogP) is 1.36. The lowest BCUT2D eigenvalue weighted by molar-refractivity contribution is 0.351. The van der Waals surface area contributed by atoms with Gasteiger partial charge < -0.3 is 5.32 Å². The van der Waals surface area contributed by atoms with Crippen molar-refractivity contribution in [1.82, 2.24) is 4.98 Å². The molecule has 17 heavy (non-hydrogen) atoms. The molecule has 0 amide bonds. The van der Waals surface area contributed by atoms with Gasteiger partial charge in [0, 0.05) is 18.9 Å². The highest BCUT2D eigenvalue weighted by molar-refractivity contribution is 7.90. The standard InChI is InChI=1S/C10H14ClN3O2S/c11-8-6-13-5-2-9(8)14-7-10(3-1-4-10)17(12,15)16/h2,5-6H,1,3-4,7H2,(H,13,14)(H2,12,15,16). The molecule has 0 aromatic carbocycles. The lowest BCUT2D eigenvalue weighted by Gasteiger charge is -2.39. The average Bonchev–Trinajstić information content (AvgIpc) is 2.16. The van der Waals surface area contributed by atoms with E-state index in [0.29, 0.717) is 23.6 Å². The molecule has 1 saturated carbocycles. The largest absolute Gasteiger partial charge is 0.382 e. The number of halogens is 1. The Bertz CT molecular complexity index is 514. The number of hydrogen-bond donors (Lipinski definition) is 2. The topological polar surface area (TPSA) is 85.1 Å². The molecule has 1 aliphatic rings. The minimum atomic E-state index is -3.53. The Labute approximate surface area is 105 Å². The van der Waals surface area contributed by atoms with Crippen molar-refractivity contribution in [3.8, 4) is 0 Å². The van der Waals surface area contributed by atoms with Gasteiger partial charge in [0.1, 0.15) is 4.75 Å². The zero-order valence-corrected chi connectivity index (χ0v) is 10.8. The van der Waals surface area contributed by atoms with E-state index >= 15 is 0 Å². The molecular weight excluding hydrogens is 262 g/mol. The predicted molar refractivity (Wildman–Crippen MR) is 67.4 cm³/mol. The Morgan fingerprint density at radius 3 is 2.71 bits per heavy atom. The van der Waals surface area contributed by atoms with Crippen LogP contribution in [0, 0.1) is 0 Å². The SMILES string of the molecule is NS(=O)(=O)C1(CNc2ccncc2Cl)CCC1. The van der Waals surface area contributed by atoms with Crippen molar-refractivity contribution < 1.29 is 8.42 Å². The van der Waals surface area contributed by atoms with Gasteiger partial charge in [0.15, 0.2) is 0 Å². The molecule has 1 fully saturated rings. The number of hydrogen-bond acceptors (Lipinski definition) is 4. The zero-order valence-electron chi connectivity index (χ0n) is 9.19. The van der Waals surface area contributed by atoms with Gasteiger partial charge >= 0.3 is 0 Å². The summed E-state index contributed by atoms with van der Waals surface area (Å²) in [7, 11) is -3.53. The lowest BCUT2D eigenvalue weighted by atomic mass is 9.84. The first-order valence-electron chi connectivity index (χ1n) is 5.30. The molecule has 2 rings (SSSR count). The number of nitrogens with one attached hydrogen (secondary N) is 1. The first-order chi connectivity index (χ1) is 7.95. The highest BCUT2D eigenvalue weighted by atomic mass is 35.5. The van der Waals surface area contributed by atoms with Crippen molar-refractivity contribution in [1.29, 1.82) is 0 Å². The molecule has 0 unspecified atom stereocenters. The van der Waals surface area contributed by atoms with Crippen LogP contribution in [-0.4, -0.2) is 24.7 Å². The lowest BCUT2D eigenvalue weighted by Crippen LogP contribution is -2.53. The second kappa shape index (κ2) is 4.44. The third-order valence-corrected chi connectivity index (χ3v) is 5.30. The smallest absolute Gasteiger partial charge is 0.216 e. The number of pyridine rings is 1. The van der Waals surface area contributed by atoms with Crippen LogP contribution in [0.5, 0.6) is 0 Å². The van der Waals surface area contributed by atoms with Gasteiger partial charge in [-0.25, -0.2) is 13.6 Å². The maximum absolute atomic E-state index is 11.5. The summed E-state index contributed by atoms with van der Waals surface area (Å²) < 4.78 is 22.2. The minimum Gasteiger partial charge on any atom is -0.382 e. The third-order valence-electron chi connectivity index (χ3n) is 3.24. The summed E-state index contributed by atoms with van der Waals surface area (Å²) in [6, 6.07) is 1.71. The van der Waals surface area contributed by atoms with E-state index in [1.807, 2.05) is 0 Å². The van der Waals surface area contributed by atoms with Crippen LogP contribution in [0.15, 0.2) is 18.5 Å². The second-order valence-corrected chi connectivity index (χ2v) is 6.65. The van der Waals surface area contributed by atoms with Crippen LogP contribution in [0.3, 0.4) is 0 Å². The first-order valence-corrected chi connectivity index (χ1v) is 7.23. The second-order valence-electron chi connectivity index (χ2n) is 4.29. The zero-order chi connectivity index (χ0) is 12.5. The van der Waals surface area contributed by atoms with Crippen molar-refractivity contribution >= 4 is 27.3 Å². The number of primary sulfonamides is 1. The molecule has 0 radical (unpaired) electrons. The van der Waals surface area contributed by atoms with Crippen molar-refractivity contribution in [3.63, 3.8) is 0 Å². The van der Waals surface area contributed by atoms with E-state index in [9.17, 15) is 8.42 Å². The van der Waals surface area contributed by atoms with Crippen LogP contribution < -0.4 is 10.5 Å². The molecule has 0 atom stereocenters. The van der Waals surface area contributed by atoms with E-state index in [0.717, 1.165) is 6.42 Å². The summed E-state index contributed by atoms with van der Waals surface area (Å²) in [6.45, 7) is 0.287. The molecule has 1 heterocycles. The van der Waals surface area contributed by atoms with Gasteiger partial charge in [-0.2, -0.15) is 0 Å². The van der Waals surface area contributed by atoms with E-state index in [4.69, 9.17) is 16.7 Å². The number of rotatable bonds is 4. The van der Waals surface area contributed by atoms with Crippen LogP contribution in [-0.2, 0) is 10.0 Å². The monoisotopic (exact) mass is 275 g/mol. The number of aromatic nitrogens is 1.